The van der Waals surface area contributed by atoms with E-state index in [0.717, 1.165) is 6.42 Å². The van der Waals surface area contributed by atoms with E-state index < -0.39 is 47.6 Å². The molecule has 214 valence electrons. The largest absolute Gasteiger partial charge is 0.356 e. The number of hydrogen-bond acceptors (Lipinski definition) is 7. The summed E-state index contributed by atoms with van der Waals surface area (Å²) in [5, 5.41) is 10.8. The zero-order valence-electron chi connectivity index (χ0n) is 22.6. The number of nitrogens with one attached hydrogen (secondary N) is 4. The molecule has 0 aliphatic carbocycles. The highest BCUT2D eigenvalue weighted by Crippen LogP contribution is 2.17. The van der Waals surface area contributed by atoms with E-state index in [-0.39, 0.29) is 36.8 Å². The number of aromatic nitrogens is 2. The molecule has 0 unspecified atom stereocenters. The van der Waals surface area contributed by atoms with Gasteiger partial charge in [-0.15, -0.1) is 0 Å². The van der Waals surface area contributed by atoms with Crippen molar-refractivity contribution < 1.29 is 28.4 Å². The van der Waals surface area contributed by atoms with Gasteiger partial charge >= 0.3 is 0 Å². The molecule has 4 amide bonds. The maximum absolute atomic E-state index is 13.5. The fourth-order valence-electron chi connectivity index (χ4n) is 4.49. The number of rotatable bonds is 13. The van der Waals surface area contributed by atoms with Crippen molar-refractivity contribution in [1.29, 1.82) is 0 Å². The monoisotopic (exact) mass is 554 g/mol. The summed E-state index contributed by atoms with van der Waals surface area (Å²) in [5.41, 5.74) is 0.578. The van der Waals surface area contributed by atoms with Crippen LogP contribution in [-0.4, -0.2) is 64.6 Å². The van der Waals surface area contributed by atoms with Gasteiger partial charge in [0, 0.05) is 31.3 Å². The molecule has 3 rings (SSSR count). The summed E-state index contributed by atoms with van der Waals surface area (Å²) in [7, 11) is 0. The smallest absolute Gasteiger partial charge is 0.272 e. The van der Waals surface area contributed by atoms with Crippen LogP contribution in [0.2, 0.25) is 0 Å². The molecule has 0 radical (unpaired) electrons. The molecule has 40 heavy (non-hydrogen) atoms. The van der Waals surface area contributed by atoms with Crippen molar-refractivity contribution in [2.45, 2.75) is 64.1 Å². The van der Waals surface area contributed by atoms with Gasteiger partial charge in [-0.2, -0.15) is 0 Å². The molecule has 1 aromatic carbocycles. The Morgan fingerprint density at radius 1 is 1.07 bits per heavy atom. The van der Waals surface area contributed by atoms with Gasteiger partial charge in [0.05, 0.1) is 12.2 Å². The molecule has 2 aromatic rings. The lowest BCUT2D eigenvalue weighted by Crippen LogP contribution is -2.56. The first-order chi connectivity index (χ1) is 19.2. The third kappa shape index (κ3) is 9.21. The Bertz CT molecular complexity index is 1180. The quantitative estimate of drug-likeness (QED) is 0.270. The lowest BCUT2D eigenvalue weighted by atomic mass is 9.91. The number of aldehydes is 1. The maximum atomic E-state index is 13.5. The van der Waals surface area contributed by atoms with Crippen LogP contribution in [0, 0.1) is 17.7 Å². The van der Waals surface area contributed by atoms with Crippen LogP contribution >= 0.6 is 0 Å². The van der Waals surface area contributed by atoms with Gasteiger partial charge in [-0.1, -0.05) is 26.0 Å². The van der Waals surface area contributed by atoms with E-state index in [9.17, 15) is 28.4 Å². The molecular formula is C28H35FN6O5. The highest BCUT2D eigenvalue weighted by atomic mass is 19.1. The van der Waals surface area contributed by atoms with Crippen LogP contribution in [0.1, 0.15) is 55.6 Å². The molecule has 0 spiro atoms. The zero-order chi connectivity index (χ0) is 29.1. The molecule has 0 bridgehead atoms. The molecule has 4 N–H and O–H groups in total. The minimum absolute atomic E-state index is 0.000383. The molecule has 12 heteroatoms. The van der Waals surface area contributed by atoms with Gasteiger partial charge in [0.1, 0.15) is 29.9 Å². The van der Waals surface area contributed by atoms with Crippen LogP contribution < -0.4 is 21.3 Å². The molecule has 1 saturated heterocycles. The van der Waals surface area contributed by atoms with Gasteiger partial charge in [-0.25, -0.2) is 9.37 Å². The first-order valence-corrected chi connectivity index (χ1v) is 13.3. The van der Waals surface area contributed by atoms with Gasteiger partial charge < -0.3 is 26.1 Å². The lowest BCUT2D eigenvalue weighted by molar-refractivity contribution is -0.132. The number of carbonyl (C=O) groups excluding carboxylic acids is 5. The topological polar surface area (TPSA) is 159 Å². The fraction of sp³-hybridized carbons (Fsp3) is 0.464. The molecule has 1 aliphatic rings. The highest BCUT2D eigenvalue weighted by molar-refractivity contribution is 5.97. The Morgan fingerprint density at radius 3 is 2.42 bits per heavy atom. The Balaban J connectivity index is 1.74. The number of carbonyl (C=O) groups is 5. The third-order valence-electron chi connectivity index (χ3n) is 6.54. The predicted octanol–water partition coefficient (Wildman–Crippen LogP) is 1.09. The van der Waals surface area contributed by atoms with E-state index in [2.05, 4.69) is 31.2 Å². The normalized spacial score (nSPS) is 17.2. The van der Waals surface area contributed by atoms with Crippen molar-refractivity contribution in [3.05, 3.63) is 59.9 Å². The first kappa shape index (κ1) is 30.3. The van der Waals surface area contributed by atoms with Gasteiger partial charge in [-0.05, 0) is 49.3 Å². The second-order valence-corrected chi connectivity index (χ2v) is 10.3. The molecular weight excluding hydrogens is 519 g/mol. The summed E-state index contributed by atoms with van der Waals surface area (Å²) in [5.74, 6) is -2.85. The highest BCUT2D eigenvalue weighted by Gasteiger charge is 2.31. The minimum atomic E-state index is -1.13. The standard InChI is InChI=1S/C28H35FN6O5/c1-17(2)12-22(26(38)33-21(16-36)14-19-4-3-9-32-25(19)37)34-27(39)23(13-18-5-7-20(29)8-6-18)35-28(40)24-15-30-10-11-31-24/h5-8,10-11,15-17,19,21-23H,3-4,9,12-14H2,1-2H3,(H,32,37)(H,33,38)(H,34,39)(H,35,40)/t19-,21-,22-,23-/m0/s1. The van der Waals surface area contributed by atoms with Crippen molar-refractivity contribution in [2.24, 2.45) is 11.8 Å². The van der Waals surface area contributed by atoms with Crippen LogP contribution in [0.3, 0.4) is 0 Å². The number of benzene rings is 1. The third-order valence-corrected chi connectivity index (χ3v) is 6.54. The lowest BCUT2D eigenvalue weighted by Gasteiger charge is -2.27. The Hall–Kier alpha value is -4.22. The van der Waals surface area contributed by atoms with Crippen LogP contribution in [0.5, 0.6) is 0 Å². The van der Waals surface area contributed by atoms with Gasteiger partial charge in [-0.3, -0.25) is 24.2 Å². The summed E-state index contributed by atoms with van der Waals surface area (Å²) in [6.45, 7) is 4.34. The van der Waals surface area contributed by atoms with Crippen LogP contribution in [-0.2, 0) is 25.6 Å². The summed E-state index contributed by atoms with van der Waals surface area (Å²) in [6, 6.07) is 2.44. The van der Waals surface area contributed by atoms with Crippen molar-refractivity contribution in [2.75, 3.05) is 6.54 Å². The number of hydrogen-bond donors (Lipinski definition) is 4. The van der Waals surface area contributed by atoms with E-state index in [1.807, 2.05) is 13.8 Å². The number of nitrogens with zero attached hydrogens (tertiary/aromatic N) is 2. The van der Waals surface area contributed by atoms with Gasteiger partial charge in [0.2, 0.25) is 17.7 Å². The Morgan fingerprint density at radius 2 is 1.80 bits per heavy atom. The molecule has 1 aromatic heterocycles. The average Bonchev–Trinajstić information content (AvgIpc) is 2.94. The minimum Gasteiger partial charge on any atom is -0.356 e. The molecule has 2 heterocycles. The van der Waals surface area contributed by atoms with Crippen molar-refractivity contribution in [3.63, 3.8) is 0 Å². The van der Waals surface area contributed by atoms with Crippen molar-refractivity contribution >= 4 is 29.9 Å². The predicted molar refractivity (Wildman–Crippen MR) is 143 cm³/mol. The van der Waals surface area contributed by atoms with E-state index in [0.29, 0.717) is 24.8 Å². The number of halogens is 1. The van der Waals surface area contributed by atoms with Crippen LogP contribution in [0.15, 0.2) is 42.9 Å². The maximum Gasteiger partial charge on any atom is 0.272 e. The molecule has 1 fully saturated rings. The summed E-state index contributed by atoms with van der Waals surface area (Å²) < 4.78 is 13.4. The second kappa shape index (κ2) is 14.8. The Labute approximate surface area is 232 Å². The van der Waals surface area contributed by atoms with Gasteiger partial charge in [0.25, 0.3) is 5.91 Å². The zero-order valence-corrected chi connectivity index (χ0v) is 22.6. The average molecular weight is 555 g/mol. The van der Waals surface area contributed by atoms with E-state index >= 15 is 0 Å². The van der Waals surface area contributed by atoms with Crippen molar-refractivity contribution in [3.8, 4) is 0 Å². The Kier molecular flexibility index (Phi) is 11.2. The number of piperidine rings is 1. The van der Waals surface area contributed by atoms with E-state index in [1.165, 1.54) is 42.9 Å². The second-order valence-electron chi connectivity index (χ2n) is 10.3. The summed E-state index contributed by atoms with van der Waals surface area (Å²) in [6.07, 6.45) is 6.43. The van der Waals surface area contributed by atoms with Crippen LogP contribution in [0.25, 0.3) is 0 Å². The van der Waals surface area contributed by atoms with Gasteiger partial charge in [0.15, 0.2) is 0 Å². The van der Waals surface area contributed by atoms with Crippen LogP contribution in [0.4, 0.5) is 4.39 Å². The number of amides is 4. The summed E-state index contributed by atoms with van der Waals surface area (Å²) in [4.78, 5) is 71.2. The molecule has 1 aliphatic heterocycles. The summed E-state index contributed by atoms with van der Waals surface area (Å²) >= 11 is 0. The molecule has 11 nitrogen and oxygen atoms in total. The fourth-order valence-corrected chi connectivity index (χ4v) is 4.49. The van der Waals surface area contributed by atoms with E-state index in [4.69, 9.17) is 0 Å². The first-order valence-electron chi connectivity index (χ1n) is 13.3. The molecule has 0 saturated carbocycles. The molecule has 4 atom stereocenters. The van der Waals surface area contributed by atoms with E-state index in [1.54, 1.807) is 0 Å². The SMILES string of the molecule is CC(C)C[C@H](NC(=O)[C@H](Cc1ccc(F)cc1)NC(=O)c1cnccn1)C(=O)N[C@H](C=O)C[C@@H]1CCCNC1=O. The van der Waals surface area contributed by atoms with Crippen molar-refractivity contribution in [1.82, 2.24) is 31.2 Å².